The fourth-order valence-corrected chi connectivity index (χ4v) is 4.49. The van der Waals surface area contributed by atoms with Gasteiger partial charge in [0.1, 0.15) is 6.10 Å². The second-order valence-corrected chi connectivity index (χ2v) is 8.63. The maximum absolute atomic E-state index is 11.9. The second kappa shape index (κ2) is 15.4. The zero-order chi connectivity index (χ0) is 19.9. The third kappa shape index (κ3) is 9.45. The van der Waals surface area contributed by atoms with Crippen LogP contribution < -0.4 is 0 Å². The molecule has 3 heteroatoms. The largest absolute Gasteiger partial charge is 0.458 e. The molecule has 0 aliphatic carbocycles. The smallest absolute Gasteiger partial charge is 0.313 e. The first-order valence-electron chi connectivity index (χ1n) is 12.0. The Morgan fingerprint density at radius 2 is 1.30 bits per heavy atom. The van der Waals surface area contributed by atoms with Crippen LogP contribution in [-0.4, -0.2) is 23.3 Å². The first kappa shape index (κ1) is 24.5. The van der Waals surface area contributed by atoms with Crippen molar-refractivity contribution in [1.29, 1.82) is 0 Å². The zero-order valence-electron chi connectivity index (χ0n) is 18.4. The van der Waals surface area contributed by atoms with E-state index in [9.17, 15) is 9.90 Å². The highest BCUT2D eigenvalue weighted by molar-refractivity contribution is 5.79. The predicted octanol–water partition coefficient (Wildman–Crippen LogP) is 6.81. The fourth-order valence-electron chi connectivity index (χ4n) is 4.49. The Kier molecular flexibility index (Phi) is 13.9. The third-order valence-corrected chi connectivity index (χ3v) is 6.30. The molecule has 27 heavy (non-hydrogen) atoms. The molecule has 1 rings (SSSR count). The Balaban J connectivity index is 2.02. The third-order valence-electron chi connectivity index (χ3n) is 6.30. The molecule has 1 aliphatic rings. The van der Waals surface area contributed by atoms with Crippen molar-refractivity contribution in [1.82, 2.24) is 0 Å². The van der Waals surface area contributed by atoms with E-state index in [0.717, 1.165) is 32.1 Å². The number of unbranched alkanes of at least 4 members (excludes halogenated alkanes) is 11. The molecule has 1 fully saturated rings. The molecular weight excluding hydrogens is 336 g/mol. The lowest BCUT2D eigenvalue weighted by Crippen LogP contribution is -2.54. The molecule has 0 bridgehead atoms. The van der Waals surface area contributed by atoms with E-state index in [1.807, 2.05) is 0 Å². The van der Waals surface area contributed by atoms with E-state index in [2.05, 4.69) is 20.8 Å². The Morgan fingerprint density at radius 3 is 1.74 bits per heavy atom. The van der Waals surface area contributed by atoms with Gasteiger partial charge < -0.3 is 9.84 Å². The number of ether oxygens (including phenoxy) is 1. The van der Waals surface area contributed by atoms with Crippen LogP contribution in [0.25, 0.3) is 0 Å². The van der Waals surface area contributed by atoms with Gasteiger partial charge in [0.25, 0.3) is 0 Å². The molecule has 1 saturated heterocycles. The van der Waals surface area contributed by atoms with Crippen LogP contribution in [0.1, 0.15) is 124 Å². The quantitative estimate of drug-likeness (QED) is 0.209. The first-order chi connectivity index (χ1) is 13.2. The number of hydrogen-bond donors (Lipinski definition) is 1. The molecule has 1 N–H and O–H groups in total. The summed E-state index contributed by atoms with van der Waals surface area (Å²) in [6.07, 6.45) is 19.1. The minimum atomic E-state index is -0.471. The van der Waals surface area contributed by atoms with E-state index in [1.165, 1.54) is 70.6 Å². The average Bonchev–Trinajstić information content (AvgIpc) is 2.66. The van der Waals surface area contributed by atoms with Gasteiger partial charge in [-0.1, -0.05) is 111 Å². The Labute approximate surface area is 168 Å². The van der Waals surface area contributed by atoms with Crippen molar-refractivity contribution < 1.29 is 14.6 Å². The van der Waals surface area contributed by atoms with Gasteiger partial charge >= 0.3 is 5.97 Å². The van der Waals surface area contributed by atoms with Crippen LogP contribution in [0.15, 0.2) is 0 Å². The van der Waals surface area contributed by atoms with Gasteiger partial charge in [0.05, 0.1) is 12.0 Å². The standard InChI is InChI=1S/C24H46O3/c1-4-7-8-9-10-11-12-13-14-15-16-17-19-21(25)23-22(24(26)27-23)20(6-3)18-5-2/h20-23,25H,4-19H2,1-3H3. The van der Waals surface area contributed by atoms with Gasteiger partial charge in [0.15, 0.2) is 0 Å². The molecule has 0 aromatic heterocycles. The van der Waals surface area contributed by atoms with Crippen LogP contribution in [-0.2, 0) is 9.53 Å². The van der Waals surface area contributed by atoms with Crippen LogP contribution in [0.5, 0.6) is 0 Å². The molecule has 4 unspecified atom stereocenters. The molecule has 1 heterocycles. The molecule has 160 valence electrons. The van der Waals surface area contributed by atoms with Gasteiger partial charge in [0.2, 0.25) is 0 Å². The summed E-state index contributed by atoms with van der Waals surface area (Å²) < 4.78 is 5.31. The van der Waals surface area contributed by atoms with Crippen LogP contribution >= 0.6 is 0 Å². The summed E-state index contributed by atoms with van der Waals surface area (Å²) in [6.45, 7) is 6.57. The summed E-state index contributed by atoms with van der Waals surface area (Å²) in [5, 5.41) is 10.5. The van der Waals surface area contributed by atoms with E-state index in [-0.39, 0.29) is 18.0 Å². The summed E-state index contributed by atoms with van der Waals surface area (Å²) in [5.74, 6) is 0.217. The number of cyclic esters (lactones) is 1. The monoisotopic (exact) mass is 382 g/mol. The number of aliphatic hydroxyl groups is 1. The fraction of sp³-hybridized carbons (Fsp3) is 0.958. The summed E-state index contributed by atoms with van der Waals surface area (Å²) in [5.41, 5.74) is 0. The summed E-state index contributed by atoms with van der Waals surface area (Å²) in [6, 6.07) is 0. The Hall–Kier alpha value is -0.570. The van der Waals surface area contributed by atoms with Crippen molar-refractivity contribution in [3.8, 4) is 0 Å². The van der Waals surface area contributed by atoms with Crippen LogP contribution in [0.2, 0.25) is 0 Å². The highest BCUT2D eigenvalue weighted by Gasteiger charge is 2.49. The van der Waals surface area contributed by atoms with Gasteiger partial charge in [-0.25, -0.2) is 0 Å². The molecule has 4 atom stereocenters. The summed E-state index contributed by atoms with van der Waals surface area (Å²) in [4.78, 5) is 11.9. The molecule has 0 saturated carbocycles. The molecule has 0 radical (unpaired) electrons. The van der Waals surface area contributed by atoms with Crippen LogP contribution in [0.3, 0.4) is 0 Å². The predicted molar refractivity (Wildman–Crippen MR) is 114 cm³/mol. The molecule has 1 aliphatic heterocycles. The number of aliphatic hydroxyl groups excluding tert-OH is 1. The first-order valence-corrected chi connectivity index (χ1v) is 12.0. The van der Waals surface area contributed by atoms with Crippen molar-refractivity contribution >= 4 is 5.97 Å². The molecule has 3 nitrogen and oxygen atoms in total. The number of esters is 1. The van der Waals surface area contributed by atoms with Crippen molar-refractivity contribution in [2.45, 2.75) is 136 Å². The normalized spacial score (nSPS) is 21.6. The molecule has 0 aromatic carbocycles. The van der Waals surface area contributed by atoms with Crippen molar-refractivity contribution in [3.63, 3.8) is 0 Å². The van der Waals surface area contributed by atoms with Crippen LogP contribution in [0.4, 0.5) is 0 Å². The number of carbonyl (C=O) groups excluding carboxylic acids is 1. The minimum absolute atomic E-state index is 0.0673. The van der Waals surface area contributed by atoms with E-state index in [0.29, 0.717) is 5.92 Å². The summed E-state index contributed by atoms with van der Waals surface area (Å²) >= 11 is 0. The van der Waals surface area contributed by atoms with E-state index in [1.54, 1.807) is 0 Å². The van der Waals surface area contributed by atoms with Gasteiger partial charge in [-0.05, 0) is 18.8 Å². The zero-order valence-corrected chi connectivity index (χ0v) is 18.4. The Bertz CT molecular complexity index is 369. The minimum Gasteiger partial charge on any atom is -0.458 e. The lowest BCUT2D eigenvalue weighted by Gasteiger charge is -2.42. The highest BCUT2D eigenvalue weighted by Crippen LogP contribution is 2.37. The van der Waals surface area contributed by atoms with Gasteiger partial charge in [-0.2, -0.15) is 0 Å². The van der Waals surface area contributed by atoms with Gasteiger partial charge in [0, 0.05) is 0 Å². The molecule has 0 amide bonds. The van der Waals surface area contributed by atoms with Gasteiger partial charge in [-0.3, -0.25) is 4.79 Å². The number of carbonyl (C=O) groups is 1. The van der Waals surface area contributed by atoms with E-state index >= 15 is 0 Å². The highest BCUT2D eigenvalue weighted by atomic mass is 16.6. The average molecular weight is 383 g/mol. The van der Waals surface area contributed by atoms with Crippen molar-refractivity contribution in [2.75, 3.05) is 0 Å². The van der Waals surface area contributed by atoms with Crippen molar-refractivity contribution in [3.05, 3.63) is 0 Å². The molecule has 0 aromatic rings. The topological polar surface area (TPSA) is 46.5 Å². The SMILES string of the molecule is CCCCCCCCCCCCCCC(O)C1OC(=O)C1C(CC)CCC. The molecular formula is C24H46O3. The second-order valence-electron chi connectivity index (χ2n) is 8.63. The number of rotatable bonds is 18. The Morgan fingerprint density at radius 1 is 0.778 bits per heavy atom. The summed E-state index contributed by atoms with van der Waals surface area (Å²) in [7, 11) is 0. The lowest BCUT2D eigenvalue weighted by atomic mass is 9.77. The maximum Gasteiger partial charge on any atom is 0.313 e. The van der Waals surface area contributed by atoms with Crippen LogP contribution in [0, 0.1) is 11.8 Å². The lowest BCUT2D eigenvalue weighted by molar-refractivity contribution is -0.206. The molecule has 0 spiro atoms. The van der Waals surface area contributed by atoms with E-state index < -0.39 is 6.10 Å². The van der Waals surface area contributed by atoms with Gasteiger partial charge in [-0.15, -0.1) is 0 Å². The van der Waals surface area contributed by atoms with Crippen molar-refractivity contribution in [2.24, 2.45) is 11.8 Å². The van der Waals surface area contributed by atoms with E-state index in [4.69, 9.17) is 4.74 Å². The number of hydrogen-bond acceptors (Lipinski definition) is 3. The maximum atomic E-state index is 11.9.